The molecule has 0 aromatic rings. The Labute approximate surface area is 128 Å². The lowest BCUT2D eigenvalue weighted by atomic mass is 9.78. The summed E-state index contributed by atoms with van der Waals surface area (Å²) in [5.41, 5.74) is -0.326. The standard InChI is InChI=1S/C16H30N2O3/c1-13(2)11-21-14-4-9-18(10-14)15(19)16(12-20-3)5-7-17-8-6-16/h13-14,17H,4-12H2,1-3H3. The zero-order chi connectivity index (χ0) is 15.3. The van der Waals surface area contributed by atoms with Crippen molar-refractivity contribution in [3.8, 4) is 0 Å². The van der Waals surface area contributed by atoms with Gasteiger partial charge in [0.1, 0.15) is 0 Å². The van der Waals surface area contributed by atoms with E-state index >= 15 is 0 Å². The Hall–Kier alpha value is -0.650. The summed E-state index contributed by atoms with van der Waals surface area (Å²) in [5, 5.41) is 3.33. The van der Waals surface area contributed by atoms with Gasteiger partial charge in [0.25, 0.3) is 0 Å². The third-order valence-corrected chi connectivity index (χ3v) is 4.53. The summed E-state index contributed by atoms with van der Waals surface area (Å²) < 4.78 is 11.3. The van der Waals surface area contributed by atoms with Gasteiger partial charge in [0.2, 0.25) is 5.91 Å². The van der Waals surface area contributed by atoms with Crippen molar-refractivity contribution in [2.45, 2.75) is 39.2 Å². The molecule has 0 aromatic heterocycles. The molecule has 1 atom stereocenters. The van der Waals surface area contributed by atoms with Gasteiger partial charge in [-0.3, -0.25) is 4.79 Å². The number of likely N-dealkylation sites (tertiary alicyclic amines) is 1. The average molecular weight is 298 g/mol. The van der Waals surface area contributed by atoms with Crippen molar-refractivity contribution in [3.63, 3.8) is 0 Å². The average Bonchev–Trinajstić information content (AvgIpc) is 2.94. The highest BCUT2D eigenvalue weighted by Gasteiger charge is 2.43. The van der Waals surface area contributed by atoms with Gasteiger partial charge >= 0.3 is 0 Å². The molecule has 0 saturated carbocycles. The normalized spacial score (nSPS) is 25.5. The molecule has 0 spiro atoms. The SMILES string of the molecule is COCC1(C(=O)N2CCC(OCC(C)C)C2)CCNCC1. The summed E-state index contributed by atoms with van der Waals surface area (Å²) in [7, 11) is 1.69. The number of nitrogens with one attached hydrogen (secondary N) is 1. The second-order valence-electron chi connectivity index (χ2n) is 6.85. The summed E-state index contributed by atoms with van der Waals surface area (Å²) in [4.78, 5) is 15.0. The van der Waals surface area contributed by atoms with E-state index in [4.69, 9.17) is 9.47 Å². The van der Waals surface area contributed by atoms with Gasteiger partial charge in [-0.1, -0.05) is 13.8 Å². The van der Waals surface area contributed by atoms with Crippen LogP contribution in [0.15, 0.2) is 0 Å². The number of carbonyl (C=O) groups is 1. The summed E-state index contributed by atoms with van der Waals surface area (Å²) in [6.45, 7) is 8.97. The van der Waals surface area contributed by atoms with E-state index in [0.717, 1.165) is 52.0 Å². The van der Waals surface area contributed by atoms with Crippen molar-refractivity contribution in [1.82, 2.24) is 10.2 Å². The number of piperidine rings is 1. The molecule has 1 unspecified atom stereocenters. The maximum Gasteiger partial charge on any atom is 0.231 e. The second-order valence-corrected chi connectivity index (χ2v) is 6.85. The fourth-order valence-electron chi connectivity index (χ4n) is 3.31. The predicted octanol–water partition coefficient (Wildman–Crippen LogP) is 1.28. The first-order valence-electron chi connectivity index (χ1n) is 8.18. The highest BCUT2D eigenvalue weighted by Crippen LogP contribution is 2.33. The van der Waals surface area contributed by atoms with Gasteiger partial charge in [0.15, 0.2) is 0 Å². The highest BCUT2D eigenvalue weighted by atomic mass is 16.5. The second kappa shape index (κ2) is 7.56. The number of ether oxygens (including phenoxy) is 2. The van der Waals surface area contributed by atoms with E-state index in [1.54, 1.807) is 7.11 Å². The smallest absolute Gasteiger partial charge is 0.231 e. The molecule has 2 rings (SSSR count). The van der Waals surface area contributed by atoms with Crippen LogP contribution >= 0.6 is 0 Å². The third kappa shape index (κ3) is 4.18. The Bertz CT molecular complexity index is 335. The molecule has 122 valence electrons. The minimum atomic E-state index is -0.326. The Morgan fingerprint density at radius 1 is 1.38 bits per heavy atom. The van der Waals surface area contributed by atoms with Crippen molar-refractivity contribution in [2.75, 3.05) is 46.5 Å². The van der Waals surface area contributed by atoms with Crippen LogP contribution in [-0.4, -0.2) is 63.4 Å². The number of amides is 1. The summed E-state index contributed by atoms with van der Waals surface area (Å²) >= 11 is 0. The van der Waals surface area contributed by atoms with Crippen LogP contribution < -0.4 is 5.32 Å². The van der Waals surface area contributed by atoms with Gasteiger partial charge in [-0.25, -0.2) is 0 Å². The van der Waals surface area contributed by atoms with E-state index < -0.39 is 0 Å². The lowest BCUT2D eigenvalue weighted by molar-refractivity contribution is -0.147. The molecule has 0 aliphatic carbocycles. The number of hydrogen-bond acceptors (Lipinski definition) is 4. The van der Waals surface area contributed by atoms with Crippen molar-refractivity contribution < 1.29 is 14.3 Å². The van der Waals surface area contributed by atoms with Gasteiger partial charge in [0.05, 0.1) is 18.1 Å². The molecule has 0 bridgehead atoms. The minimum Gasteiger partial charge on any atom is -0.384 e. The van der Waals surface area contributed by atoms with Gasteiger partial charge in [-0.2, -0.15) is 0 Å². The molecular formula is C16H30N2O3. The fourth-order valence-corrected chi connectivity index (χ4v) is 3.31. The highest BCUT2D eigenvalue weighted by molar-refractivity contribution is 5.83. The molecule has 21 heavy (non-hydrogen) atoms. The van der Waals surface area contributed by atoms with Gasteiger partial charge < -0.3 is 19.7 Å². The number of carbonyl (C=O) groups excluding carboxylic acids is 1. The first-order valence-corrected chi connectivity index (χ1v) is 8.18. The van der Waals surface area contributed by atoms with Crippen LogP contribution in [0.2, 0.25) is 0 Å². The number of rotatable bonds is 6. The maximum absolute atomic E-state index is 13.0. The first-order chi connectivity index (χ1) is 10.1. The number of hydrogen-bond donors (Lipinski definition) is 1. The fraction of sp³-hybridized carbons (Fsp3) is 0.938. The first kappa shape index (κ1) is 16.7. The monoisotopic (exact) mass is 298 g/mol. The van der Waals surface area contributed by atoms with Crippen molar-refractivity contribution >= 4 is 5.91 Å². The van der Waals surface area contributed by atoms with Crippen LogP contribution in [-0.2, 0) is 14.3 Å². The molecular weight excluding hydrogens is 268 g/mol. The van der Waals surface area contributed by atoms with E-state index in [2.05, 4.69) is 19.2 Å². The van der Waals surface area contributed by atoms with Gasteiger partial charge in [-0.05, 0) is 38.3 Å². The maximum atomic E-state index is 13.0. The Kier molecular flexibility index (Phi) is 6.02. The molecule has 2 heterocycles. The molecule has 5 heteroatoms. The molecule has 2 aliphatic heterocycles. The Morgan fingerprint density at radius 2 is 2.10 bits per heavy atom. The van der Waals surface area contributed by atoms with Gasteiger partial charge in [-0.15, -0.1) is 0 Å². The van der Waals surface area contributed by atoms with Crippen LogP contribution in [0.4, 0.5) is 0 Å². The molecule has 0 aromatic carbocycles. The predicted molar refractivity (Wildman–Crippen MR) is 82.2 cm³/mol. The van der Waals surface area contributed by atoms with Crippen LogP contribution in [0, 0.1) is 11.3 Å². The quantitative estimate of drug-likeness (QED) is 0.802. The lowest BCUT2D eigenvalue weighted by Gasteiger charge is -2.38. The van der Waals surface area contributed by atoms with E-state index in [0.29, 0.717) is 12.5 Å². The Balaban J connectivity index is 1.92. The summed E-state index contributed by atoms with van der Waals surface area (Å²) in [6, 6.07) is 0. The number of methoxy groups -OCH3 is 1. The van der Waals surface area contributed by atoms with Crippen molar-refractivity contribution in [1.29, 1.82) is 0 Å². The topological polar surface area (TPSA) is 50.8 Å². The summed E-state index contributed by atoms with van der Waals surface area (Å²) in [5.74, 6) is 0.806. The van der Waals surface area contributed by atoms with E-state index in [1.807, 2.05) is 4.90 Å². The third-order valence-electron chi connectivity index (χ3n) is 4.53. The van der Waals surface area contributed by atoms with Crippen LogP contribution in [0.3, 0.4) is 0 Å². The van der Waals surface area contributed by atoms with Gasteiger partial charge in [0, 0.05) is 26.8 Å². The number of nitrogens with zero attached hydrogens (tertiary/aromatic N) is 1. The Morgan fingerprint density at radius 3 is 2.71 bits per heavy atom. The van der Waals surface area contributed by atoms with E-state index in [1.165, 1.54) is 0 Å². The zero-order valence-electron chi connectivity index (χ0n) is 13.7. The van der Waals surface area contributed by atoms with E-state index in [9.17, 15) is 4.79 Å². The van der Waals surface area contributed by atoms with E-state index in [-0.39, 0.29) is 17.4 Å². The molecule has 5 nitrogen and oxygen atoms in total. The lowest BCUT2D eigenvalue weighted by Crippen LogP contribution is -2.51. The zero-order valence-corrected chi connectivity index (χ0v) is 13.7. The molecule has 2 saturated heterocycles. The van der Waals surface area contributed by atoms with Crippen LogP contribution in [0.5, 0.6) is 0 Å². The molecule has 0 radical (unpaired) electrons. The molecule has 2 fully saturated rings. The largest absolute Gasteiger partial charge is 0.384 e. The minimum absolute atomic E-state index is 0.206. The van der Waals surface area contributed by atoms with Crippen molar-refractivity contribution in [3.05, 3.63) is 0 Å². The molecule has 1 N–H and O–H groups in total. The van der Waals surface area contributed by atoms with Crippen LogP contribution in [0.1, 0.15) is 33.1 Å². The molecule has 1 amide bonds. The molecule has 2 aliphatic rings. The summed E-state index contributed by atoms with van der Waals surface area (Å²) in [6.07, 6.45) is 2.90. The van der Waals surface area contributed by atoms with Crippen LogP contribution in [0.25, 0.3) is 0 Å². The van der Waals surface area contributed by atoms with Crippen molar-refractivity contribution in [2.24, 2.45) is 11.3 Å².